The molecule has 2 aromatic carbocycles. The number of carbonyl (C=O) groups is 1. The number of hydrogen-bond acceptors (Lipinski definition) is 4. The van der Waals surface area contributed by atoms with Crippen LogP contribution in [0.2, 0.25) is 0 Å². The van der Waals surface area contributed by atoms with Crippen LogP contribution in [0.3, 0.4) is 0 Å². The molecule has 0 aromatic heterocycles. The molecule has 0 saturated heterocycles. The van der Waals surface area contributed by atoms with Crippen LogP contribution in [-0.4, -0.2) is 39.9 Å². The van der Waals surface area contributed by atoms with Gasteiger partial charge in [0.15, 0.2) is 6.61 Å². The molecule has 0 saturated carbocycles. The van der Waals surface area contributed by atoms with Crippen molar-refractivity contribution in [3.8, 4) is 5.75 Å². The van der Waals surface area contributed by atoms with Crippen molar-refractivity contribution in [3.63, 3.8) is 0 Å². The monoisotopic (exact) mass is 362 g/mol. The summed E-state index contributed by atoms with van der Waals surface area (Å²) in [4.78, 5) is 13.1. The molecule has 0 atom stereocenters. The lowest BCUT2D eigenvalue weighted by molar-refractivity contribution is -0.130. The molecular weight excluding hydrogens is 340 g/mol. The highest BCUT2D eigenvalue weighted by atomic mass is 32.2. The minimum Gasteiger partial charge on any atom is -0.483 e. The van der Waals surface area contributed by atoms with Gasteiger partial charge in [-0.3, -0.25) is 9.52 Å². The first-order valence-electron chi connectivity index (χ1n) is 7.72. The summed E-state index contributed by atoms with van der Waals surface area (Å²) in [7, 11) is -0.403. The number of benzene rings is 2. The zero-order valence-corrected chi connectivity index (χ0v) is 15.6. The fourth-order valence-corrected chi connectivity index (χ4v) is 3.20. The highest BCUT2D eigenvalue weighted by molar-refractivity contribution is 7.92. The minimum absolute atomic E-state index is 0.0957. The van der Waals surface area contributed by atoms with Gasteiger partial charge in [-0.15, -0.1) is 0 Å². The molecule has 0 spiro atoms. The standard InChI is InChI=1S/C18H22N2O4S/c1-13-5-7-15(8-6-13)19-25(22,23)16-9-10-17(14(2)11-16)24-12-18(21)20(3)4/h5-11,19H,12H2,1-4H3. The van der Waals surface area contributed by atoms with Gasteiger partial charge >= 0.3 is 0 Å². The number of nitrogens with one attached hydrogen (secondary N) is 1. The van der Waals surface area contributed by atoms with E-state index >= 15 is 0 Å². The van der Waals surface area contributed by atoms with Gasteiger partial charge < -0.3 is 9.64 Å². The predicted molar refractivity (Wildman–Crippen MR) is 97.4 cm³/mol. The van der Waals surface area contributed by atoms with Crippen LogP contribution < -0.4 is 9.46 Å². The molecule has 0 heterocycles. The van der Waals surface area contributed by atoms with Crippen LogP contribution in [0.4, 0.5) is 5.69 Å². The second kappa shape index (κ2) is 7.57. The van der Waals surface area contributed by atoms with Crippen LogP contribution in [0.15, 0.2) is 47.4 Å². The maximum Gasteiger partial charge on any atom is 0.261 e. The third kappa shape index (κ3) is 4.96. The lowest BCUT2D eigenvalue weighted by Gasteiger charge is -2.14. The van der Waals surface area contributed by atoms with Gasteiger partial charge in [-0.1, -0.05) is 17.7 Å². The predicted octanol–water partition coefficient (Wildman–Crippen LogP) is 2.57. The van der Waals surface area contributed by atoms with Gasteiger partial charge in [0, 0.05) is 19.8 Å². The van der Waals surface area contributed by atoms with E-state index in [1.807, 2.05) is 19.1 Å². The fraction of sp³-hybridized carbons (Fsp3) is 0.278. The lowest BCUT2D eigenvalue weighted by atomic mass is 10.2. The first kappa shape index (κ1) is 18.8. The quantitative estimate of drug-likeness (QED) is 0.857. The fourth-order valence-electron chi connectivity index (χ4n) is 2.06. The zero-order valence-electron chi connectivity index (χ0n) is 14.7. The Hall–Kier alpha value is -2.54. The summed E-state index contributed by atoms with van der Waals surface area (Å²) in [5.74, 6) is 0.307. The average Bonchev–Trinajstić information content (AvgIpc) is 2.55. The molecule has 2 aromatic rings. The molecule has 0 aliphatic rings. The van der Waals surface area contributed by atoms with Crippen LogP contribution in [0.25, 0.3) is 0 Å². The van der Waals surface area contributed by atoms with E-state index in [1.165, 1.54) is 17.0 Å². The van der Waals surface area contributed by atoms with E-state index in [1.54, 1.807) is 39.2 Å². The summed E-state index contributed by atoms with van der Waals surface area (Å²) in [6, 6.07) is 11.6. The van der Waals surface area contributed by atoms with E-state index in [2.05, 4.69) is 4.72 Å². The molecule has 0 unspecified atom stereocenters. The van der Waals surface area contributed by atoms with Crippen molar-refractivity contribution in [1.82, 2.24) is 4.90 Å². The third-order valence-corrected chi connectivity index (χ3v) is 4.99. The third-order valence-electron chi connectivity index (χ3n) is 3.61. The van der Waals surface area contributed by atoms with Gasteiger partial charge in [-0.25, -0.2) is 8.42 Å². The van der Waals surface area contributed by atoms with Crippen molar-refractivity contribution in [2.24, 2.45) is 0 Å². The number of carbonyl (C=O) groups excluding carboxylic acids is 1. The topological polar surface area (TPSA) is 75.7 Å². The van der Waals surface area contributed by atoms with E-state index in [-0.39, 0.29) is 17.4 Å². The Balaban J connectivity index is 2.15. The Labute approximate surface area is 148 Å². The molecule has 0 aliphatic carbocycles. The van der Waals surface area contributed by atoms with E-state index in [0.717, 1.165) is 5.56 Å². The molecule has 0 radical (unpaired) electrons. The number of nitrogens with zero attached hydrogens (tertiary/aromatic N) is 1. The molecule has 7 heteroatoms. The van der Waals surface area contributed by atoms with E-state index in [0.29, 0.717) is 17.0 Å². The van der Waals surface area contributed by atoms with Gasteiger partial charge in [0.25, 0.3) is 15.9 Å². The molecule has 2 rings (SSSR count). The number of aryl methyl sites for hydroxylation is 2. The summed E-state index contributed by atoms with van der Waals surface area (Å²) >= 11 is 0. The Bertz CT molecular complexity index is 859. The van der Waals surface area contributed by atoms with Crippen LogP contribution >= 0.6 is 0 Å². The van der Waals surface area contributed by atoms with Crippen LogP contribution in [0.1, 0.15) is 11.1 Å². The Morgan fingerprint density at radius 3 is 2.28 bits per heavy atom. The number of likely N-dealkylation sites (N-methyl/N-ethyl adjacent to an activating group) is 1. The van der Waals surface area contributed by atoms with Gasteiger partial charge in [0.1, 0.15) is 5.75 Å². The number of sulfonamides is 1. The number of ether oxygens (including phenoxy) is 1. The first-order chi connectivity index (χ1) is 11.7. The largest absolute Gasteiger partial charge is 0.483 e. The Kier molecular flexibility index (Phi) is 5.69. The number of hydrogen-bond donors (Lipinski definition) is 1. The lowest BCUT2D eigenvalue weighted by Crippen LogP contribution is -2.27. The highest BCUT2D eigenvalue weighted by Crippen LogP contribution is 2.23. The van der Waals surface area contributed by atoms with Crippen molar-refractivity contribution in [1.29, 1.82) is 0 Å². The zero-order chi connectivity index (χ0) is 18.6. The molecule has 6 nitrogen and oxygen atoms in total. The van der Waals surface area contributed by atoms with Gasteiger partial charge in [0.05, 0.1) is 4.90 Å². The van der Waals surface area contributed by atoms with Crippen molar-refractivity contribution in [3.05, 3.63) is 53.6 Å². The smallest absolute Gasteiger partial charge is 0.261 e. The maximum absolute atomic E-state index is 12.5. The first-order valence-corrected chi connectivity index (χ1v) is 9.20. The molecule has 1 amide bonds. The number of amides is 1. The summed E-state index contributed by atoms with van der Waals surface area (Å²) in [5.41, 5.74) is 2.19. The minimum atomic E-state index is -3.69. The molecule has 1 N–H and O–H groups in total. The molecule has 134 valence electrons. The maximum atomic E-state index is 12.5. The van der Waals surface area contributed by atoms with Crippen molar-refractivity contribution < 1.29 is 17.9 Å². The molecule has 0 aliphatic heterocycles. The van der Waals surface area contributed by atoms with Crippen molar-refractivity contribution in [2.75, 3.05) is 25.4 Å². The normalized spacial score (nSPS) is 11.0. The second-order valence-corrected chi connectivity index (χ2v) is 7.66. The number of anilines is 1. The van der Waals surface area contributed by atoms with Crippen LogP contribution in [-0.2, 0) is 14.8 Å². The van der Waals surface area contributed by atoms with Gasteiger partial charge in [-0.05, 0) is 49.7 Å². The highest BCUT2D eigenvalue weighted by Gasteiger charge is 2.16. The Morgan fingerprint density at radius 2 is 1.72 bits per heavy atom. The summed E-state index contributed by atoms with van der Waals surface area (Å²) in [6.07, 6.45) is 0. The van der Waals surface area contributed by atoms with Gasteiger partial charge in [-0.2, -0.15) is 0 Å². The molecule has 0 bridgehead atoms. The van der Waals surface area contributed by atoms with Gasteiger partial charge in [0.2, 0.25) is 0 Å². The Morgan fingerprint density at radius 1 is 1.08 bits per heavy atom. The summed E-state index contributed by atoms with van der Waals surface area (Å²) in [6.45, 7) is 3.57. The average molecular weight is 362 g/mol. The number of rotatable bonds is 6. The van der Waals surface area contributed by atoms with Crippen molar-refractivity contribution in [2.45, 2.75) is 18.7 Å². The van der Waals surface area contributed by atoms with E-state index in [4.69, 9.17) is 4.74 Å². The van der Waals surface area contributed by atoms with E-state index in [9.17, 15) is 13.2 Å². The summed E-state index contributed by atoms with van der Waals surface area (Å²) in [5, 5.41) is 0. The SMILES string of the molecule is Cc1ccc(NS(=O)(=O)c2ccc(OCC(=O)N(C)C)c(C)c2)cc1. The second-order valence-electron chi connectivity index (χ2n) is 5.98. The summed E-state index contributed by atoms with van der Waals surface area (Å²) < 4.78 is 33.0. The van der Waals surface area contributed by atoms with Crippen LogP contribution in [0.5, 0.6) is 5.75 Å². The van der Waals surface area contributed by atoms with Crippen LogP contribution in [0, 0.1) is 13.8 Å². The molecule has 25 heavy (non-hydrogen) atoms. The molecular formula is C18H22N2O4S. The van der Waals surface area contributed by atoms with E-state index < -0.39 is 10.0 Å². The van der Waals surface area contributed by atoms with Crippen molar-refractivity contribution >= 4 is 21.6 Å². The molecule has 0 fully saturated rings.